The Kier molecular flexibility index (Phi) is 2.11. The molecule has 0 saturated heterocycles. The van der Waals surface area contributed by atoms with Gasteiger partial charge < -0.3 is 0 Å². The summed E-state index contributed by atoms with van der Waals surface area (Å²) in [6.07, 6.45) is 3.36. The van der Waals surface area contributed by atoms with Crippen molar-refractivity contribution < 1.29 is 4.79 Å². The van der Waals surface area contributed by atoms with E-state index in [0.717, 1.165) is 5.69 Å². The molecule has 0 saturated carbocycles. The molecule has 0 fully saturated rings. The number of hydrogen-bond donors (Lipinski definition) is 0. The molecule has 0 aliphatic rings. The highest BCUT2D eigenvalue weighted by molar-refractivity contribution is 9.10. The first-order valence-electron chi connectivity index (χ1n) is 4.11. The van der Waals surface area contributed by atoms with E-state index < -0.39 is 0 Å². The molecule has 2 aromatic rings. The van der Waals surface area contributed by atoms with Gasteiger partial charge >= 0.3 is 0 Å². The van der Waals surface area contributed by atoms with Crippen LogP contribution in [0.2, 0.25) is 0 Å². The lowest BCUT2D eigenvalue weighted by Gasteiger charge is -1.97. The maximum absolute atomic E-state index is 11.4. The summed E-state index contributed by atoms with van der Waals surface area (Å²) in [6.45, 7) is 3.35. The van der Waals surface area contributed by atoms with Gasteiger partial charge in [-0.25, -0.2) is 9.97 Å². The van der Waals surface area contributed by atoms with E-state index in [1.807, 2.05) is 6.92 Å². The molecule has 5 heteroatoms. The number of nitrogens with zero attached hydrogens (tertiary/aromatic N) is 3. The summed E-state index contributed by atoms with van der Waals surface area (Å²) in [5, 5.41) is 0. The molecule has 2 rings (SSSR count). The van der Waals surface area contributed by atoms with Crippen LogP contribution in [0.4, 0.5) is 0 Å². The van der Waals surface area contributed by atoms with Crippen molar-refractivity contribution in [3.8, 4) is 0 Å². The lowest BCUT2D eigenvalue weighted by molar-refractivity contribution is 0.101. The second-order valence-corrected chi connectivity index (χ2v) is 3.76. The van der Waals surface area contributed by atoms with Gasteiger partial charge in [0.25, 0.3) is 0 Å². The SMILES string of the molecule is CC(=O)c1c(C)nc2c(Br)nccn12. The number of fused-ring (bicyclic) bond motifs is 1. The van der Waals surface area contributed by atoms with Crippen LogP contribution >= 0.6 is 15.9 Å². The molecule has 0 bridgehead atoms. The highest BCUT2D eigenvalue weighted by atomic mass is 79.9. The van der Waals surface area contributed by atoms with Crippen molar-refractivity contribution in [3.63, 3.8) is 0 Å². The van der Waals surface area contributed by atoms with Crippen LogP contribution in [0.1, 0.15) is 23.1 Å². The molecular formula is C9H8BrN3O. The van der Waals surface area contributed by atoms with Gasteiger partial charge in [0.1, 0.15) is 10.3 Å². The Labute approximate surface area is 89.1 Å². The standard InChI is InChI=1S/C9H8BrN3O/c1-5-7(6(2)14)13-4-3-11-8(10)9(13)12-5/h3-4H,1-2H3. The zero-order valence-corrected chi connectivity index (χ0v) is 9.37. The number of imidazole rings is 1. The third-order valence-corrected chi connectivity index (χ3v) is 2.57. The summed E-state index contributed by atoms with van der Waals surface area (Å²) in [7, 11) is 0. The Morgan fingerprint density at radius 2 is 2.29 bits per heavy atom. The van der Waals surface area contributed by atoms with Crippen LogP contribution in [-0.4, -0.2) is 20.2 Å². The predicted octanol–water partition coefficient (Wildman–Crippen LogP) is 2.00. The van der Waals surface area contributed by atoms with Crippen molar-refractivity contribution >= 4 is 27.4 Å². The molecule has 0 amide bonds. The number of halogens is 1. The second kappa shape index (κ2) is 3.16. The molecule has 0 N–H and O–H groups in total. The Balaban J connectivity index is 2.90. The largest absolute Gasteiger partial charge is 0.293 e. The van der Waals surface area contributed by atoms with E-state index in [1.54, 1.807) is 16.8 Å². The Hall–Kier alpha value is -1.23. The van der Waals surface area contributed by atoms with Crippen LogP contribution in [0.5, 0.6) is 0 Å². The van der Waals surface area contributed by atoms with Gasteiger partial charge in [-0.3, -0.25) is 9.20 Å². The first-order valence-corrected chi connectivity index (χ1v) is 4.90. The summed E-state index contributed by atoms with van der Waals surface area (Å²) in [5.41, 5.74) is 2.02. The smallest absolute Gasteiger partial charge is 0.178 e. The van der Waals surface area contributed by atoms with Gasteiger partial charge in [-0.1, -0.05) is 0 Å². The van der Waals surface area contributed by atoms with Crippen molar-refractivity contribution in [3.05, 3.63) is 28.4 Å². The van der Waals surface area contributed by atoms with Crippen LogP contribution < -0.4 is 0 Å². The molecule has 0 aliphatic carbocycles. The number of carbonyl (C=O) groups excluding carboxylic acids is 1. The van der Waals surface area contributed by atoms with Gasteiger partial charge in [-0.2, -0.15) is 0 Å². The number of carbonyl (C=O) groups is 1. The van der Waals surface area contributed by atoms with Crippen molar-refractivity contribution in [2.24, 2.45) is 0 Å². The van der Waals surface area contributed by atoms with Crippen LogP contribution in [0.3, 0.4) is 0 Å². The van der Waals surface area contributed by atoms with Crippen LogP contribution in [0.25, 0.3) is 5.65 Å². The number of Topliss-reactive ketones (excluding diaryl/α,β-unsaturated/α-hetero) is 1. The molecule has 2 heterocycles. The Morgan fingerprint density at radius 1 is 1.57 bits per heavy atom. The summed E-state index contributed by atoms with van der Waals surface area (Å²) >= 11 is 3.29. The van der Waals surface area contributed by atoms with Gasteiger partial charge in [0.15, 0.2) is 11.4 Å². The Bertz CT molecular complexity index is 518. The molecule has 0 radical (unpaired) electrons. The molecule has 0 aliphatic heterocycles. The zero-order chi connectivity index (χ0) is 10.3. The van der Waals surface area contributed by atoms with E-state index >= 15 is 0 Å². The fourth-order valence-corrected chi connectivity index (χ4v) is 1.88. The van der Waals surface area contributed by atoms with E-state index in [4.69, 9.17) is 0 Å². The van der Waals surface area contributed by atoms with Crippen molar-refractivity contribution in [2.75, 3.05) is 0 Å². The van der Waals surface area contributed by atoms with Gasteiger partial charge in [-0.05, 0) is 22.9 Å². The Morgan fingerprint density at radius 3 is 2.93 bits per heavy atom. The molecule has 2 aromatic heterocycles. The number of aryl methyl sites for hydroxylation is 1. The lowest BCUT2D eigenvalue weighted by atomic mass is 10.2. The number of ketones is 1. The van der Waals surface area contributed by atoms with Gasteiger partial charge in [0, 0.05) is 19.3 Å². The normalized spacial score (nSPS) is 10.8. The second-order valence-electron chi connectivity index (χ2n) is 3.01. The first kappa shape index (κ1) is 9.33. The van der Waals surface area contributed by atoms with Crippen LogP contribution in [-0.2, 0) is 0 Å². The zero-order valence-electron chi connectivity index (χ0n) is 7.78. The molecule has 4 nitrogen and oxygen atoms in total. The average Bonchev–Trinajstić information content (AvgIpc) is 2.42. The minimum atomic E-state index is 0.00750. The summed E-state index contributed by atoms with van der Waals surface area (Å²) in [6, 6.07) is 0. The van der Waals surface area contributed by atoms with Gasteiger partial charge in [-0.15, -0.1) is 0 Å². The monoisotopic (exact) mass is 253 g/mol. The van der Waals surface area contributed by atoms with Gasteiger partial charge in [0.2, 0.25) is 0 Å². The van der Waals surface area contributed by atoms with E-state index in [9.17, 15) is 4.79 Å². The molecule has 0 unspecified atom stereocenters. The predicted molar refractivity (Wildman–Crippen MR) is 55.4 cm³/mol. The quantitative estimate of drug-likeness (QED) is 0.731. The van der Waals surface area contributed by atoms with Gasteiger partial charge in [0.05, 0.1) is 5.69 Å². The van der Waals surface area contributed by atoms with Crippen molar-refractivity contribution in [1.29, 1.82) is 0 Å². The van der Waals surface area contributed by atoms with E-state index in [2.05, 4.69) is 25.9 Å². The molecular weight excluding hydrogens is 246 g/mol. The van der Waals surface area contributed by atoms with Crippen LogP contribution in [0, 0.1) is 6.92 Å². The topological polar surface area (TPSA) is 47.3 Å². The third-order valence-electron chi connectivity index (χ3n) is 2.01. The van der Waals surface area contributed by atoms with Crippen molar-refractivity contribution in [1.82, 2.24) is 14.4 Å². The highest BCUT2D eigenvalue weighted by Crippen LogP contribution is 2.18. The fourth-order valence-electron chi connectivity index (χ4n) is 1.48. The van der Waals surface area contributed by atoms with Crippen LogP contribution in [0.15, 0.2) is 17.0 Å². The minimum Gasteiger partial charge on any atom is -0.293 e. The summed E-state index contributed by atoms with van der Waals surface area (Å²) in [4.78, 5) is 19.7. The summed E-state index contributed by atoms with van der Waals surface area (Å²) in [5.74, 6) is 0.00750. The summed E-state index contributed by atoms with van der Waals surface area (Å²) < 4.78 is 2.39. The minimum absolute atomic E-state index is 0.00750. The molecule has 0 spiro atoms. The number of hydrogen-bond acceptors (Lipinski definition) is 3. The lowest BCUT2D eigenvalue weighted by Crippen LogP contribution is -2.00. The molecule has 72 valence electrons. The van der Waals surface area contributed by atoms with E-state index in [1.165, 1.54) is 6.92 Å². The number of rotatable bonds is 1. The van der Waals surface area contributed by atoms with E-state index in [0.29, 0.717) is 15.9 Å². The highest BCUT2D eigenvalue weighted by Gasteiger charge is 2.14. The fraction of sp³-hybridized carbons (Fsp3) is 0.222. The third kappa shape index (κ3) is 1.24. The first-order chi connectivity index (χ1) is 6.61. The molecule has 0 atom stereocenters. The maximum Gasteiger partial charge on any atom is 0.178 e. The maximum atomic E-state index is 11.4. The van der Waals surface area contributed by atoms with Crippen molar-refractivity contribution in [2.45, 2.75) is 13.8 Å². The molecule has 0 aromatic carbocycles. The number of aromatic nitrogens is 3. The van der Waals surface area contributed by atoms with E-state index in [-0.39, 0.29) is 5.78 Å². The molecule has 14 heavy (non-hydrogen) atoms. The average molecular weight is 254 g/mol.